The molecule has 80 valence electrons. The fraction of sp³-hybridized carbons (Fsp3) is 0.600. The van der Waals surface area contributed by atoms with Crippen LogP contribution in [0.25, 0.3) is 0 Å². The molecule has 0 aliphatic heterocycles. The molecule has 0 saturated carbocycles. The highest BCUT2D eigenvalue weighted by Gasteiger charge is 2.31. The fourth-order valence-electron chi connectivity index (χ4n) is 1.26. The summed E-state index contributed by atoms with van der Waals surface area (Å²) in [4.78, 5) is 0.893. The lowest BCUT2D eigenvalue weighted by molar-refractivity contribution is 0.0420. The number of hydrogen-bond donors (Lipinski definition) is 2. The van der Waals surface area contributed by atoms with E-state index in [1.807, 2.05) is 19.2 Å². The molecule has 0 aliphatic carbocycles. The summed E-state index contributed by atoms with van der Waals surface area (Å²) < 4.78 is 0. The van der Waals surface area contributed by atoms with Gasteiger partial charge in [-0.1, -0.05) is 25.4 Å². The van der Waals surface area contributed by atoms with Crippen molar-refractivity contribution in [2.24, 2.45) is 11.1 Å². The van der Waals surface area contributed by atoms with Crippen molar-refractivity contribution >= 4 is 22.9 Å². The lowest BCUT2D eigenvalue weighted by atomic mass is 9.81. The second-order valence-corrected chi connectivity index (χ2v) is 5.16. The molecule has 4 heteroatoms. The van der Waals surface area contributed by atoms with Crippen molar-refractivity contribution in [2.45, 2.75) is 26.4 Å². The molecule has 1 rings (SSSR count). The van der Waals surface area contributed by atoms with Gasteiger partial charge >= 0.3 is 0 Å². The molecule has 0 saturated heterocycles. The van der Waals surface area contributed by atoms with Gasteiger partial charge in [-0.05, 0) is 12.5 Å². The first-order chi connectivity index (χ1) is 6.53. The standard InChI is InChI=1S/C10H16ClNOS/c1-3-10(2,6-12)9(13)8-4-7(11)5-14-8/h4-5,9,13H,3,6,12H2,1-2H3. The number of hydrogen-bond acceptors (Lipinski definition) is 3. The second-order valence-electron chi connectivity index (χ2n) is 3.78. The van der Waals surface area contributed by atoms with Crippen molar-refractivity contribution in [1.82, 2.24) is 0 Å². The monoisotopic (exact) mass is 233 g/mol. The van der Waals surface area contributed by atoms with E-state index in [2.05, 4.69) is 0 Å². The second kappa shape index (κ2) is 4.62. The number of aliphatic hydroxyl groups is 1. The average molecular weight is 234 g/mol. The zero-order valence-corrected chi connectivity index (χ0v) is 10.0. The van der Waals surface area contributed by atoms with Crippen LogP contribution in [-0.2, 0) is 0 Å². The van der Waals surface area contributed by atoms with Crippen LogP contribution in [0.15, 0.2) is 11.4 Å². The Morgan fingerprint density at radius 2 is 2.36 bits per heavy atom. The third-order valence-electron chi connectivity index (χ3n) is 2.79. The molecule has 2 nitrogen and oxygen atoms in total. The molecule has 0 amide bonds. The molecule has 0 aliphatic rings. The number of halogens is 1. The van der Waals surface area contributed by atoms with E-state index in [0.717, 1.165) is 11.3 Å². The molecule has 0 bridgehead atoms. The van der Waals surface area contributed by atoms with Crippen molar-refractivity contribution in [1.29, 1.82) is 0 Å². The maximum absolute atomic E-state index is 10.1. The summed E-state index contributed by atoms with van der Waals surface area (Å²) >= 11 is 7.29. The largest absolute Gasteiger partial charge is 0.387 e. The highest BCUT2D eigenvalue weighted by Crippen LogP contribution is 2.39. The predicted molar refractivity (Wildman–Crippen MR) is 61.7 cm³/mol. The van der Waals surface area contributed by atoms with Crippen LogP contribution in [0.3, 0.4) is 0 Å². The highest BCUT2D eigenvalue weighted by atomic mass is 35.5. The Labute approximate surface area is 93.7 Å². The van der Waals surface area contributed by atoms with Crippen molar-refractivity contribution in [3.05, 3.63) is 21.3 Å². The number of rotatable bonds is 4. The Morgan fingerprint density at radius 3 is 2.71 bits per heavy atom. The summed E-state index contributed by atoms with van der Waals surface area (Å²) in [6.07, 6.45) is 0.329. The molecule has 1 heterocycles. The topological polar surface area (TPSA) is 46.2 Å². The van der Waals surface area contributed by atoms with Gasteiger partial charge in [0.05, 0.1) is 11.1 Å². The Kier molecular flexibility index (Phi) is 3.95. The number of thiophene rings is 1. The maximum atomic E-state index is 10.1. The molecular weight excluding hydrogens is 218 g/mol. The van der Waals surface area contributed by atoms with Crippen molar-refractivity contribution < 1.29 is 5.11 Å². The van der Waals surface area contributed by atoms with Crippen LogP contribution in [0, 0.1) is 5.41 Å². The van der Waals surface area contributed by atoms with Gasteiger partial charge in [0, 0.05) is 22.2 Å². The molecule has 0 spiro atoms. The van der Waals surface area contributed by atoms with Gasteiger partial charge in [0.1, 0.15) is 0 Å². The van der Waals surface area contributed by atoms with Gasteiger partial charge in [-0.25, -0.2) is 0 Å². The van der Waals surface area contributed by atoms with Crippen molar-refractivity contribution in [3.63, 3.8) is 0 Å². The Hall–Kier alpha value is -0.0900. The van der Waals surface area contributed by atoms with E-state index in [1.54, 1.807) is 6.07 Å². The van der Waals surface area contributed by atoms with Crippen LogP contribution in [0.4, 0.5) is 0 Å². The molecule has 2 unspecified atom stereocenters. The van der Waals surface area contributed by atoms with Gasteiger partial charge in [-0.2, -0.15) is 0 Å². The Bertz CT molecular complexity index is 296. The van der Waals surface area contributed by atoms with Gasteiger partial charge in [-0.3, -0.25) is 0 Å². The average Bonchev–Trinajstić information content (AvgIpc) is 2.62. The molecule has 14 heavy (non-hydrogen) atoms. The summed E-state index contributed by atoms with van der Waals surface area (Å²) in [7, 11) is 0. The van der Waals surface area contributed by atoms with Crippen LogP contribution < -0.4 is 5.73 Å². The lowest BCUT2D eigenvalue weighted by Crippen LogP contribution is -2.32. The molecule has 1 aromatic rings. The first-order valence-corrected chi connectivity index (χ1v) is 5.91. The predicted octanol–water partition coefficient (Wildman–Crippen LogP) is 2.81. The van der Waals surface area contributed by atoms with E-state index in [4.69, 9.17) is 17.3 Å². The normalized spacial score (nSPS) is 17.8. The fourth-order valence-corrected chi connectivity index (χ4v) is 2.51. The first kappa shape index (κ1) is 12.0. The quantitative estimate of drug-likeness (QED) is 0.840. The SMILES string of the molecule is CCC(C)(CN)C(O)c1cc(Cl)cs1. The Morgan fingerprint density at radius 1 is 1.71 bits per heavy atom. The van der Waals surface area contributed by atoms with Gasteiger partial charge in [0.25, 0.3) is 0 Å². The van der Waals surface area contributed by atoms with Crippen LogP contribution in [-0.4, -0.2) is 11.7 Å². The van der Waals surface area contributed by atoms with Crippen molar-refractivity contribution in [3.8, 4) is 0 Å². The molecule has 0 fully saturated rings. The molecule has 0 radical (unpaired) electrons. The van der Waals surface area contributed by atoms with Crippen LogP contribution in [0.1, 0.15) is 31.2 Å². The van der Waals surface area contributed by atoms with E-state index < -0.39 is 6.10 Å². The zero-order valence-electron chi connectivity index (χ0n) is 8.46. The van der Waals surface area contributed by atoms with Gasteiger partial charge in [0.2, 0.25) is 0 Å². The molecular formula is C10H16ClNOS. The third-order valence-corrected chi connectivity index (χ3v) is 4.12. The smallest absolute Gasteiger partial charge is 0.0947 e. The maximum Gasteiger partial charge on any atom is 0.0947 e. The highest BCUT2D eigenvalue weighted by molar-refractivity contribution is 7.10. The van der Waals surface area contributed by atoms with E-state index >= 15 is 0 Å². The van der Waals surface area contributed by atoms with E-state index in [0.29, 0.717) is 11.6 Å². The van der Waals surface area contributed by atoms with E-state index in [9.17, 15) is 5.11 Å². The van der Waals surface area contributed by atoms with Crippen LogP contribution >= 0.6 is 22.9 Å². The first-order valence-electron chi connectivity index (χ1n) is 4.65. The minimum Gasteiger partial charge on any atom is -0.387 e. The van der Waals surface area contributed by atoms with Gasteiger partial charge in [-0.15, -0.1) is 11.3 Å². The minimum absolute atomic E-state index is 0.256. The molecule has 2 atom stereocenters. The third kappa shape index (κ3) is 2.28. The number of nitrogens with two attached hydrogens (primary N) is 1. The summed E-state index contributed by atoms with van der Waals surface area (Å²) in [5.74, 6) is 0. The summed E-state index contributed by atoms with van der Waals surface area (Å²) in [5.41, 5.74) is 5.42. The summed E-state index contributed by atoms with van der Waals surface area (Å²) in [5, 5.41) is 12.6. The molecule has 0 aromatic carbocycles. The molecule has 1 aromatic heterocycles. The van der Waals surface area contributed by atoms with E-state index in [-0.39, 0.29) is 5.41 Å². The summed E-state index contributed by atoms with van der Waals surface area (Å²) in [6, 6.07) is 1.81. The lowest BCUT2D eigenvalue weighted by Gasteiger charge is -2.31. The van der Waals surface area contributed by atoms with Gasteiger partial charge in [0.15, 0.2) is 0 Å². The van der Waals surface area contributed by atoms with E-state index in [1.165, 1.54) is 11.3 Å². The van der Waals surface area contributed by atoms with Crippen molar-refractivity contribution in [2.75, 3.05) is 6.54 Å². The minimum atomic E-state index is -0.519. The van der Waals surface area contributed by atoms with Gasteiger partial charge < -0.3 is 10.8 Å². The zero-order chi connectivity index (χ0) is 10.8. The number of aliphatic hydroxyl groups excluding tert-OH is 1. The molecule has 3 N–H and O–H groups in total. The van der Waals surface area contributed by atoms with Crippen LogP contribution in [0.5, 0.6) is 0 Å². The Balaban J connectivity index is 2.88. The summed E-state index contributed by atoms with van der Waals surface area (Å²) in [6.45, 7) is 4.50. The van der Waals surface area contributed by atoms with Crippen LogP contribution in [0.2, 0.25) is 5.02 Å².